The van der Waals surface area contributed by atoms with Gasteiger partial charge < -0.3 is 5.11 Å². The first-order valence-corrected chi connectivity index (χ1v) is 6.94. The molecule has 5 heteroatoms. The summed E-state index contributed by atoms with van der Waals surface area (Å²) in [6, 6.07) is -0.457. The lowest BCUT2D eigenvalue weighted by molar-refractivity contribution is -0.150. The van der Waals surface area contributed by atoms with Gasteiger partial charge in [0.1, 0.15) is 0 Å². The van der Waals surface area contributed by atoms with E-state index in [0.717, 1.165) is 19.3 Å². The summed E-state index contributed by atoms with van der Waals surface area (Å²) in [4.78, 5) is 37.1. The third-order valence-corrected chi connectivity index (χ3v) is 4.29. The van der Waals surface area contributed by atoms with Gasteiger partial charge in [0.2, 0.25) is 11.8 Å². The molecular weight excluding hydrogens is 246 g/mol. The van der Waals surface area contributed by atoms with Crippen molar-refractivity contribution >= 4 is 17.8 Å². The van der Waals surface area contributed by atoms with Crippen molar-refractivity contribution in [2.45, 2.75) is 58.4 Å². The number of imide groups is 1. The fourth-order valence-corrected chi connectivity index (χ4v) is 3.20. The van der Waals surface area contributed by atoms with Crippen LogP contribution in [0.5, 0.6) is 0 Å². The highest BCUT2D eigenvalue weighted by Gasteiger charge is 2.50. The molecule has 1 N–H and O–H groups in total. The summed E-state index contributed by atoms with van der Waals surface area (Å²) in [5.74, 6) is -1.93. The first-order valence-electron chi connectivity index (χ1n) is 6.94. The molecule has 0 aromatic carbocycles. The first-order chi connectivity index (χ1) is 8.84. The molecule has 2 unspecified atom stereocenters. The number of aliphatic carboxylic acids is 1. The maximum Gasteiger partial charge on any atom is 0.308 e. The van der Waals surface area contributed by atoms with Gasteiger partial charge in [-0.1, -0.05) is 33.1 Å². The van der Waals surface area contributed by atoms with Crippen LogP contribution < -0.4 is 0 Å². The van der Waals surface area contributed by atoms with Crippen molar-refractivity contribution in [3.05, 3.63) is 0 Å². The lowest BCUT2D eigenvalue weighted by atomic mass is 9.90. The molecule has 1 saturated heterocycles. The molecule has 106 valence electrons. The van der Waals surface area contributed by atoms with Crippen molar-refractivity contribution in [3.8, 4) is 0 Å². The molecule has 0 bridgehead atoms. The molecule has 2 rings (SSSR count). The Hall–Kier alpha value is -1.39. The highest BCUT2D eigenvalue weighted by Crippen LogP contribution is 2.37. The fraction of sp³-hybridized carbons (Fsp3) is 0.786. The third-order valence-electron chi connectivity index (χ3n) is 4.29. The monoisotopic (exact) mass is 267 g/mol. The molecule has 2 amide bonds. The van der Waals surface area contributed by atoms with Crippen LogP contribution in [0.15, 0.2) is 0 Å². The van der Waals surface area contributed by atoms with E-state index in [9.17, 15) is 19.5 Å². The van der Waals surface area contributed by atoms with Crippen LogP contribution in [0.3, 0.4) is 0 Å². The van der Waals surface area contributed by atoms with Crippen LogP contribution in [0, 0.1) is 11.3 Å². The topological polar surface area (TPSA) is 74.7 Å². The second-order valence-electron chi connectivity index (χ2n) is 6.28. The molecule has 2 aliphatic rings. The quantitative estimate of drug-likeness (QED) is 0.611. The molecule has 1 aliphatic carbocycles. The molecule has 2 atom stereocenters. The van der Waals surface area contributed by atoms with Crippen LogP contribution in [0.2, 0.25) is 0 Å². The Bertz CT molecular complexity index is 416. The normalized spacial score (nSPS) is 31.4. The van der Waals surface area contributed by atoms with Gasteiger partial charge in [0.15, 0.2) is 0 Å². The highest BCUT2D eigenvalue weighted by atomic mass is 16.4. The average molecular weight is 267 g/mol. The smallest absolute Gasteiger partial charge is 0.308 e. The number of hydrogen-bond donors (Lipinski definition) is 1. The van der Waals surface area contributed by atoms with Crippen LogP contribution in [0.25, 0.3) is 0 Å². The number of rotatable bonds is 2. The Kier molecular flexibility index (Phi) is 3.65. The average Bonchev–Trinajstić information content (AvgIpc) is 2.49. The summed E-state index contributed by atoms with van der Waals surface area (Å²) in [5.41, 5.74) is -0.688. The first kappa shape index (κ1) is 14.0. The van der Waals surface area contributed by atoms with Crippen LogP contribution in [-0.4, -0.2) is 33.8 Å². The fourth-order valence-electron chi connectivity index (χ4n) is 3.20. The highest BCUT2D eigenvalue weighted by molar-refractivity contribution is 6.06. The van der Waals surface area contributed by atoms with Gasteiger partial charge in [-0.2, -0.15) is 0 Å². The van der Waals surface area contributed by atoms with E-state index in [1.807, 2.05) is 0 Å². The Labute approximate surface area is 113 Å². The van der Waals surface area contributed by atoms with E-state index in [1.54, 1.807) is 13.8 Å². The lowest BCUT2D eigenvalue weighted by Crippen LogP contribution is -2.47. The Morgan fingerprint density at radius 1 is 1.21 bits per heavy atom. The van der Waals surface area contributed by atoms with Gasteiger partial charge in [-0.15, -0.1) is 0 Å². The number of carbonyl (C=O) groups is 3. The summed E-state index contributed by atoms with van der Waals surface area (Å²) >= 11 is 0. The summed E-state index contributed by atoms with van der Waals surface area (Å²) < 4.78 is 0. The Balaban J connectivity index is 2.29. The second-order valence-corrected chi connectivity index (χ2v) is 6.28. The van der Waals surface area contributed by atoms with Gasteiger partial charge in [0, 0.05) is 6.42 Å². The largest absolute Gasteiger partial charge is 0.481 e. The number of carbonyl (C=O) groups excluding carboxylic acids is 2. The van der Waals surface area contributed by atoms with Crippen LogP contribution >= 0.6 is 0 Å². The van der Waals surface area contributed by atoms with Crippen molar-refractivity contribution < 1.29 is 19.5 Å². The number of amides is 2. The van der Waals surface area contributed by atoms with E-state index in [1.165, 1.54) is 4.90 Å². The van der Waals surface area contributed by atoms with E-state index < -0.39 is 23.3 Å². The van der Waals surface area contributed by atoms with Crippen molar-refractivity contribution in [1.82, 2.24) is 4.90 Å². The van der Waals surface area contributed by atoms with Gasteiger partial charge in [-0.05, 0) is 12.8 Å². The molecular formula is C14H21NO4. The minimum atomic E-state index is -0.891. The zero-order valence-electron chi connectivity index (χ0n) is 11.5. The molecule has 1 saturated carbocycles. The van der Waals surface area contributed by atoms with E-state index >= 15 is 0 Å². The Morgan fingerprint density at radius 2 is 1.84 bits per heavy atom. The number of carboxylic acid groups (broad SMARTS) is 1. The maximum absolute atomic E-state index is 12.3. The third kappa shape index (κ3) is 2.51. The number of likely N-dealkylation sites (tertiary alicyclic amines) is 1. The number of carboxylic acids is 1. The molecule has 5 nitrogen and oxygen atoms in total. The van der Waals surface area contributed by atoms with E-state index in [0.29, 0.717) is 12.8 Å². The van der Waals surface area contributed by atoms with Gasteiger partial charge in [-0.25, -0.2) is 0 Å². The van der Waals surface area contributed by atoms with Gasteiger partial charge in [0.05, 0.1) is 17.4 Å². The number of nitrogens with zero attached hydrogens (tertiary/aromatic N) is 1. The van der Waals surface area contributed by atoms with Gasteiger partial charge in [0.25, 0.3) is 0 Å². The molecule has 0 aromatic rings. The van der Waals surface area contributed by atoms with E-state index in [-0.39, 0.29) is 18.2 Å². The SMILES string of the molecule is CC1(C)CC(=O)N(C2CCCCCC2C(=O)O)C1=O. The molecule has 1 heterocycles. The maximum atomic E-state index is 12.3. The predicted molar refractivity (Wildman–Crippen MR) is 68.2 cm³/mol. The summed E-state index contributed by atoms with van der Waals surface area (Å²) in [5, 5.41) is 9.35. The van der Waals surface area contributed by atoms with Crippen molar-refractivity contribution in [1.29, 1.82) is 0 Å². The molecule has 0 radical (unpaired) electrons. The van der Waals surface area contributed by atoms with Crippen LogP contribution in [0.4, 0.5) is 0 Å². The number of hydrogen-bond acceptors (Lipinski definition) is 3. The minimum Gasteiger partial charge on any atom is -0.481 e. The molecule has 1 aliphatic heterocycles. The lowest BCUT2D eigenvalue weighted by Gasteiger charge is -2.30. The standard InChI is InChI=1S/C14H21NO4/c1-14(2)8-11(16)15(13(14)19)10-7-5-3-4-6-9(10)12(17)18/h9-10H,3-8H2,1-2H3,(H,17,18). The van der Waals surface area contributed by atoms with Gasteiger partial charge in [-0.3, -0.25) is 19.3 Å². The molecule has 19 heavy (non-hydrogen) atoms. The van der Waals surface area contributed by atoms with Crippen molar-refractivity contribution in [2.24, 2.45) is 11.3 Å². The Morgan fingerprint density at radius 3 is 2.37 bits per heavy atom. The van der Waals surface area contributed by atoms with Crippen LogP contribution in [-0.2, 0) is 14.4 Å². The van der Waals surface area contributed by atoms with E-state index in [2.05, 4.69) is 0 Å². The van der Waals surface area contributed by atoms with Crippen molar-refractivity contribution in [2.75, 3.05) is 0 Å². The molecule has 0 aromatic heterocycles. The summed E-state index contributed by atoms with van der Waals surface area (Å²) in [6.07, 6.45) is 4.07. The summed E-state index contributed by atoms with van der Waals surface area (Å²) in [6.45, 7) is 3.50. The van der Waals surface area contributed by atoms with Crippen molar-refractivity contribution in [3.63, 3.8) is 0 Å². The zero-order chi connectivity index (χ0) is 14.2. The zero-order valence-corrected chi connectivity index (χ0v) is 11.5. The second kappa shape index (κ2) is 4.94. The van der Waals surface area contributed by atoms with Gasteiger partial charge >= 0.3 is 5.97 Å². The van der Waals surface area contributed by atoms with Crippen LogP contribution in [0.1, 0.15) is 52.4 Å². The molecule has 2 fully saturated rings. The summed E-state index contributed by atoms with van der Waals surface area (Å²) in [7, 11) is 0. The van der Waals surface area contributed by atoms with E-state index in [4.69, 9.17) is 0 Å². The molecule has 0 spiro atoms. The minimum absolute atomic E-state index is 0.189. The predicted octanol–water partition coefficient (Wildman–Crippen LogP) is 1.80.